The summed E-state index contributed by atoms with van der Waals surface area (Å²) in [6.45, 7) is 0.833. The fourth-order valence-corrected chi connectivity index (χ4v) is 3.94. The maximum Gasteiger partial charge on any atom is 0.108 e. The van der Waals surface area contributed by atoms with Crippen molar-refractivity contribution in [2.45, 2.75) is 50.6 Å². The molecule has 18 heavy (non-hydrogen) atoms. The average molecular weight is 248 g/mol. The Labute approximate surface area is 109 Å². The minimum atomic E-state index is 0.546. The van der Waals surface area contributed by atoms with Gasteiger partial charge in [-0.1, -0.05) is 6.42 Å². The van der Waals surface area contributed by atoms with Gasteiger partial charge in [-0.3, -0.25) is 4.90 Å². The summed E-state index contributed by atoms with van der Waals surface area (Å²) in [7, 11) is 2.28. The van der Waals surface area contributed by atoms with Crippen molar-refractivity contribution in [3.63, 3.8) is 0 Å². The first-order valence-corrected chi connectivity index (χ1v) is 7.29. The van der Waals surface area contributed by atoms with Crippen molar-refractivity contribution < 1.29 is 4.42 Å². The predicted molar refractivity (Wildman–Crippen MR) is 72.3 cm³/mol. The van der Waals surface area contributed by atoms with E-state index in [4.69, 9.17) is 10.2 Å². The SMILES string of the molecule is CN(C1CCCc2occc21)C1CCCC1CN. The molecule has 1 aromatic rings. The highest BCUT2D eigenvalue weighted by molar-refractivity contribution is 5.24. The molecule has 3 heteroatoms. The second kappa shape index (κ2) is 5.06. The van der Waals surface area contributed by atoms with Crippen LogP contribution in [0.1, 0.15) is 49.5 Å². The minimum Gasteiger partial charge on any atom is -0.469 e. The Morgan fingerprint density at radius 2 is 2.22 bits per heavy atom. The molecule has 2 aliphatic rings. The molecule has 2 N–H and O–H groups in total. The van der Waals surface area contributed by atoms with Crippen LogP contribution in [0.3, 0.4) is 0 Å². The second-order valence-corrected chi connectivity index (χ2v) is 5.87. The first kappa shape index (κ1) is 12.2. The molecule has 0 saturated heterocycles. The number of hydrogen-bond donors (Lipinski definition) is 1. The zero-order valence-corrected chi connectivity index (χ0v) is 11.3. The molecule has 1 saturated carbocycles. The fraction of sp³-hybridized carbons (Fsp3) is 0.733. The van der Waals surface area contributed by atoms with Crippen LogP contribution < -0.4 is 5.73 Å². The number of nitrogens with two attached hydrogens (primary N) is 1. The van der Waals surface area contributed by atoms with Crippen LogP contribution in [0.25, 0.3) is 0 Å². The molecule has 0 amide bonds. The van der Waals surface area contributed by atoms with Crippen molar-refractivity contribution in [2.24, 2.45) is 11.7 Å². The lowest BCUT2D eigenvalue weighted by Crippen LogP contribution is -2.40. The van der Waals surface area contributed by atoms with E-state index in [1.807, 2.05) is 6.26 Å². The number of hydrogen-bond acceptors (Lipinski definition) is 3. The van der Waals surface area contributed by atoms with Gasteiger partial charge in [-0.15, -0.1) is 0 Å². The second-order valence-electron chi connectivity index (χ2n) is 5.87. The number of aryl methyl sites for hydroxylation is 1. The molecule has 0 radical (unpaired) electrons. The molecule has 0 bridgehead atoms. The highest BCUT2D eigenvalue weighted by atomic mass is 16.3. The zero-order chi connectivity index (χ0) is 12.5. The van der Waals surface area contributed by atoms with Crippen LogP contribution in [-0.2, 0) is 6.42 Å². The quantitative estimate of drug-likeness (QED) is 0.894. The maximum absolute atomic E-state index is 5.92. The van der Waals surface area contributed by atoms with E-state index in [9.17, 15) is 0 Å². The van der Waals surface area contributed by atoms with Crippen molar-refractivity contribution in [3.05, 3.63) is 23.7 Å². The molecule has 3 nitrogen and oxygen atoms in total. The van der Waals surface area contributed by atoms with Gasteiger partial charge in [0, 0.05) is 24.1 Å². The van der Waals surface area contributed by atoms with Gasteiger partial charge in [0.25, 0.3) is 0 Å². The van der Waals surface area contributed by atoms with Crippen LogP contribution in [0, 0.1) is 5.92 Å². The summed E-state index contributed by atoms with van der Waals surface area (Å²) in [4.78, 5) is 2.58. The Kier molecular flexibility index (Phi) is 3.44. The standard InChI is InChI=1S/C15H24N2O/c1-17(13-5-2-4-11(13)10-16)14-6-3-7-15-12(14)8-9-18-15/h8-9,11,13-14H,2-7,10,16H2,1H3. The summed E-state index contributed by atoms with van der Waals surface area (Å²) < 4.78 is 5.60. The van der Waals surface area contributed by atoms with E-state index in [1.54, 1.807) is 0 Å². The first-order valence-electron chi connectivity index (χ1n) is 7.29. The van der Waals surface area contributed by atoms with Crippen LogP contribution in [0.4, 0.5) is 0 Å². The third kappa shape index (κ3) is 1.99. The predicted octanol–water partition coefficient (Wildman–Crippen LogP) is 2.72. The van der Waals surface area contributed by atoms with Crippen LogP contribution in [0.5, 0.6) is 0 Å². The molecule has 1 heterocycles. The largest absolute Gasteiger partial charge is 0.469 e. The highest BCUT2D eigenvalue weighted by Crippen LogP contribution is 2.39. The van der Waals surface area contributed by atoms with E-state index < -0.39 is 0 Å². The summed E-state index contributed by atoms with van der Waals surface area (Å²) in [5.41, 5.74) is 7.34. The van der Waals surface area contributed by atoms with E-state index in [0.29, 0.717) is 18.0 Å². The molecule has 0 aromatic carbocycles. The van der Waals surface area contributed by atoms with Crippen LogP contribution >= 0.6 is 0 Å². The number of furan rings is 1. The van der Waals surface area contributed by atoms with E-state index in [2.05, 4.69) is 18.0 Å². The monoisotopic (exact) mass is 248 g/mol. The van der Waals surface area contributed by atoms with Gasteiger partial charge in [0.1, 0.15) is 5.76 Å². The molecule has 3 atom stereocenters. The molecule has 2 aliphatic carbocycles. The molecule has 3 rings (SSSR count). The number of nitrogens with zero attached hydrogens (tertiary/aromatic N) is 1. The molecule has 0 aliphatic heterocycles. The summed E-state index contributed by atoms with van der Waals surface area (Å²) in [5, 5.41) is 0. The molecular weight excluding hydrogens is 224 g/mol. The molecule has 3 unspecified atom stereocenters. The van der Waals surface area contributed by atoms with Crippen LogP contribution in [-0.4, -0.2) is 24.5 Å². The van der Waals surface area contributed by atoms with Gasteiger partial charge in [-0.05, 0) is 51.3 Å². The van der Waals surface area contributed by atoms with E-state index in [0.717, 1.165) is 13.0 Å². The van der Waals surface area contributed by atoms with Crippen LogP contribution in [0.15, 0.2) is 16.7 Å². The van der Waals surface area contributed by atoms with Gasteiger partial charge >= 0.3 is 0 Å². The molecular formula is C15H24N2O. The van der Waals surface area contributed by atoms with Gasteiger partial charge in [0.05, 0.1) is 6.26 Å². The highest BCUT2D eigenvalue weighted by Gasteiger charge is 2.35. The van der Waals surface area contributed by atoms with Crippen molar-refractivity contribution in [1.29, 1.82) is 0 Å². The Balaban J connectivity index is 1.79. The lowest BCUT2D eigenvalue weighted by molar-refractivity contribution is 0.127. The number of fused-ring (bicyclic) bond motifs is 1. The maximum atomic E-state index is 5.92. The Hall–Kier alpha value is -0.800. The van der Waals surface area contributed by atoms with Gasteiger partial charge in [0.15, 0.2) is 0 Å². The summed E-state index contributed by atoms with van der Waals surface area (Å²) in [5.74, 6) is 1.90. The topological polar surface area (TPSA) is 42.4 Å². The van der Waals surface area contributed by atoms with Gasteiger partial charge in [0.2, 0.25) is 0 Å². The first-order chi connectivity index (χ1) is 8.81. The lowest BCUT2D eigenvalue weighted by atomic mass is 9.90. The smallest absolute Gasteiger partial charge is 0.108 e. The van der Waals surface area contributed by atoms with Crippen molar-refractivity contribution in [1.82, 2.24) is 4.90 Å². The summed E-state index contributed by atoms with van der Waals surface area (Å²) in [6.07, 6.45) is 9.41. The fourth-order valence-electron chi connectivity index (χ4n) is 3.94. The van der Waals surface area contributed by atoms with E-state index in [-0.39, 0.29) is 0 Å². The minimum absolute atomic E-state index is 0.546. The van der Waals surface area contributed by atoms with Gasteiger partial charge < -0.3 is 10.2 Å². The Morgan fingerprint density at radius 1 is 1.33 bits per heavy atom. The molecule has 100 valence electrons. The van der Waals surface area contributed by atoms with Crippen molar-refractivity contribution >= 4 is 0 Å². The lowest BCUT2D eigenvalue weighted by Gasteiger charge is -2.37. The van der Waals surface area contributed by atoms with Gasteiger partial charge in [-0.2, -0.15) is 0 Å². The van der Waals surface area contributed by atoms with E-state index in [1.165, 1.54) is 43.4 Å². The van der Waals surface area contributed by atoms with Crippen LogP contribution in [0.2, 0.25) is 0 Å². The zero-order valence-electron chi connectivity index (χ0n) is 11.3. The third-order valence-electron chi connectivity index (χ3n) is 4.96. The van der Waals surface area contributed by atoms with Crippen molar-refractivity contribution in [3.8, 4) is 0 Å². The summed E-state index contributed by atoms with van der Waals surface area (Å²) >= 11 is 0. The van der Waals surface area contributed by atoms with Crippen molar-refractivity contribution in [2.75, 3.05) is 13.6 Å². The number of rotatable bonds is 3. The Morgan fingerprint density at radius 3 is 3.06 bits per heavy atom. The molecule has 1 fully saturated rings. The Bertz CT molecular complexity index is 401. The molecule has 0 spiro atoms. The van der Waals surface area contributed by atoms with Gasteiger partial charge in [-0.25, -0.2) is 0 Å². The summed E-state index contributed by atoms with van der Waals surface area (Å²) in [6, 6.07) is 3.38. The van der Waals surface area contributed by atoms with E-state index >= 15 is 0 Å². The average Bonchev–Trinajstić information content (AvgIpc) is 3.05. The normalized spacial score (nSPS) is 31.8. The third-order valence-corrected chi connectivity index (χ3v) is 4.96. The molecule has 1 aromatic heterocycles.